The van der Waals surface area contributed by atoms with Gasteiger partial charge in [-0.1, -0.05) is 18.2 Å². The van der Waals surface area contributed by atoms with Gasteiger partial charge in [-0.15, -0.1) is 0 Å². The van der Waals surface area contributed by atoms with Crippen molar-refractivity contribution in [3.05, 3.63) is 72.4 Å². The van der Waals surface area contributed by atoms with Gasteiger partial charge in [0, 0.05) is 17.6 Å². The molecule has 0 fully saturated rings. The normalized spacial score (nSPS) is 10.9. The summed E-state index contributed by atoms with van der Waals surface area (Å²) in [5.41, 5.74) is 5.23. The predicted molar refractivity (Wildman–Crippen MR) is 95.9 cm³/mol. The van der Waals surface area contributed by atoms with Crippen LogP contribution in [0.4, 0.5) is 11.5 Å². The van der Waals surface area contributed by atoms with Crippen molar-refractivity contribution in [3.8, 4) is 5.69 Å². The van der Waals surface area contributed by atoms with Gasteiger partial charge in [0.05, 0.1) is 17.3 Å². The monoisotopic (exact) mass is 315 g/mol. The first kappa shape index (κ1) is 14.4. The average Bonchev–Trinajstić information content (AvgIpc) is 2.88. The summed E-state index contributed by atoms with van der Waals surface area (Å²) in [4.78, 5) is 13.1. The molecule has 0 aliphatic heterocycles. The molecule has 5 heteroatoms. The highest BCUT2D eigenvalue weighted by atomic mass is 15.1. The van der Waals surface area contributed by atoms with Gasteiger partial charge in [0.25, 0.3) is 0 Å². The molecule has 24 heavy (non-hydrogen) atoms. The fraction of sp³-hybridized carbons (Fsp3) is 0.105. The van der Waals surface area contributed by atoms with Crippen molar-refractivity contribution in [1.82, 2.24) is 19.5 Å². The van der Waals surface area contributed by atoms with Crippen LogP contribution in [0.1, 0.15) is 11.3 Å². The van der Waals surface area contributed by atoms with E-state index in [9.17, 15) is 0 Å². The smallest absolute Gasteiger partial charge is 0.150 e. The van der Waals surface area contributed by atoms with E-state index in [0.717, 1.165) is 33.9 Å². The number of nitrogens with zero attached hydrogens (tertiary/aromatic N) is 4. The van der Waals surface area contributed by atoms with Crippen molar-refractivity contribution in [2.24, 2.45) is 0 Å². The highest BCUT2D eigenvalue weighted by Crippen LogP contribution is 2.32. The molecule has 0 saturated carbocycles. The molecule has 0 spiro atoms. The maximum absolute atomic E-state index is 4.54. The Hall–Kier alpha value is -3.21. The van der Waals surface area contributed by atoms with E-state index in [4.69, 9.17) is 0 Å². The lowest BCUT2D eigenvalue weighted by Gasteiger charge is -2.08. The number of aryl methyl sites for hydroxylation is 1. The van der Waals surface area contributed by atoms with Crippen LogP contribution in [0.15, 0.2) is 61.2 Å². The number of anilines is 2. The second kappa shape index (κ2) is 5.77. The van der Waals surface area contributed by atoms with E-state index in [2.05, 4.69) is 50.8 Å². The molecule has 0 radical (unpaired) electrons. The molecule has 1 aromatic carbocycles. The number of nitrogens with one attached hydrogen (secondary N) is 1. The van der Waals surface area contributed by atoms with Crippen LogP contribution in [0.2, 0.25) is 0 Å². The highest BCUT2D eigenvalue weighted by molar-refractivity contribution is 5.94. The first-order valence-corrected chi connectivity index (χ1v) is 7.81. The molecule has 118 valence electrons. The van der Waals surface area contributed by atoms with Crippen LogP contribution < -0.4 is 5.32 Å². The number of para-hydroxylation sites is 1. The summed E-state index contributed by atoms with van der Waals surface area (Å²) < 4.78 is 2.17. The second-order valence-electron chi connectivity index (χ2n) is 5.67. The first-order chi connectivity index (χ1) is 11.8. The molecular formula is C19H17N5. The highest BCUT2D eigenvalue weighted by Gasteiger charge is 2.17. The van der Waals surface area contributed by atoms with Gasteiger partial charge in [-0.25, -0.2) is 9.97 Å². The largest absolute Gasteiger partial charge is 0.338 e. The van der Waals surface area contributed by atoms with Crippen LogP contribution in [-0.2, 0) is 0 Å². The number of pyridine rings is 1. The van der Waals surface area contributed by atoms with Crippen LogP contribution in [-0.4, -0.2) is 19.5 Å². The number of rotatable bonds is 3. The van der Waals surface area contributed by atoms with E-state index >= 15 is 0 Å². The Balaban J connectivity index is 1.93. The van der Waals surface area contributed by atoms with Gasteiger partial charge in [0.1, 0.15) is 12.1 Å². The summed E-state index contributed by atoms with van der Waals surface area (Å²) in [5.74, 6) is 0.795. The zero-order chi connectivity index (χ0) is 16.5. The lowest BCUT2D eigenvalue weighted by atomic mass is 10.2. The van der Waals surface area contributed by atoms with E-state index in [1.54, 1.807) is 18.7 Å². The standard InChI is InChI=1S/C19H17N5/c1-13-14(2)24(16-8-4-3-5-9-16)19-17(13)18(21-12-22-19)23-15-7-6-10-20-11-15/h3-12H,1-2H3,(H,21,22,23). The van der Waals surface area contributed by atoms with Crippen LogP contribution in [0, 0.1) is 13.8 Å². The predicted octanol–water partition coefficient (Wildman–Crippen LogP) is 4.18. The first-order valence-electron chi connectivity index (χ1n) is 7.81. The van der Waals surface area contributed by atoms with E-state index in [1.807, 2.05) is 30.3 Å². The topological polar surface area (TPSA) is 55.6 Å². The van der Waals surface area contributed by atoms with Crippen molar-refractivity contribution in [1.29, 1.82) is 0 Å². The minimum absolute atomic E-state index is 0.795. The quantitative estimate of drug-likeness (QED) is 0.616. The molecule has 3 heterocycles. The molecule has 0 bridgehead atoms. The van der Waals surface area contributed by atoms with Gasteiger partial charge in [-0.3, -0.25) is 9.55 Å². The number of hydrogen-bond acceptors (Lipinski definition) is 4. The minimum Gasteiger partial charge on any atom is -0.338 e. The van der Waals surface area contributed by atoms with Gasteiger partial charge in [-0.2, -0.15) is 0 Å². The minimum atomic E-state index is 0.795. The van der Waals surface area contributed by atoms with Crippen molar-refractivity contribution in [2.45, 2.75) is 13.8 Å². The molecule has 4 rings (SSSR count). The molecule has 1 N–H and O–H groups in total. The third-order valence-electron chi connectivity index (χ3n) is 4.23. The van der Waals surface area contributed by atoms with Crippen LogP contribution in [0.3, 0.4) is 0 Å². The molecule has 5 nitrogen and oxygen atoms in total. The van der Waals surface area contributed by atoms with Gasteiger partial charge in [0.15, 0.2) is 5.65 Å². The van der Waals surface area contributed by atoms with Gasteiger partial charge < -0.3 is 5.32 Å². The Labute approximate surface area is 140 Å². The SMILES string of the molecule is Cc1c(C)n(-c2ccccc2)c2ncnc(Nc3cccnc3)c12. The lowest BCUT2D eigenvalue weighted by Crippen LogP contribution is -1.99. The molecule has 0 amide bonds. The molecule has 0 saturated heterocycles. The molecule has 0 unspecified atom stereocenters. The number of hydrogen-bond donors (Lipinski definition) is 1. The van der Waals surface area contributed by atoms with Crippen LogP contribution >= 0.6 is 0 Å². The van der Waals surface area contributed by atoms with Gasteiger partial charge in [0.2, 0.25) is 0 Å². The average molecular weight is 315 g/mol. The van der Waals surface area contributed by atoms with E-state index in [1.165, 1.54) is 5.56 Å². The third-order valence-corrected chi connectivity index (χ3v) is 4.23. The zero-order valence-corrected chi connectivity index (χ0v) is 13.6. The van der Waals surface area contributed by atoms with Crippen molar-refractivity contribution in [2.75, 3.05) is 5.32 Å². The summed E-state index contributed by atoms with van der Waals surface area (Å²) in [6, 6.07) is 14.1. The summed E-state index contributed by atoms with van der Waals surface area (Å²) in [6.07, 6.45) is 5.13. The fourth-order valence-electron chi connectivity index (χ4n) is 2.96. The maximum Gasteiger partial charge on any atom is 0.150 e. The third kappa shape index (κ3) is 2.31. The molecule has 0 aliphatic rings. The Morgan fingerprint density at radius 2 is 1.79 bits per heavy atom. The van der Waals surface area contributed by atoms with Crippen LogP contribution in [0.5, 0.6) is 0 Å². The summed E-state index contributed by atoms with van der Waals surface area (Å²) in [5, 5.41) is 4.38. The Morgan fingerprint density at radius 1 is 0.958 bits per heavy atom. The molecule has 3 aromatic heterocycles. The Kier molecular flexibility index (Phi) is 3.46. The summed E-state index contributed by atoms with van der Waals surface area (Å²) in [7, 11) is 0. The second-order valence-corrected chi connectivity index (χ2v) is 5.67. The van der Waals surface area contributed by atoms with Crippen molar-refractivity contribution in [3.63, 3.8) is 0 Å². The number of aromatic nitrogens is 4. The van der Waals surface area contributed by atoms with E-state index in [-0.39, 0.29) is 0 Å². The Morgan fingerprint density at radius 3 is 2.54 bits per heavy atom. The Bertz CT molecular complexity index is 991. The molecular weight excluding hydrogens is 298 g/mol. The summed E-state index contributed by atoms with van der Waals surface area (Å²) in [6.45, 7) is 4.22. The molecule has 4 aromatic rings. The van der Waals surface area contributed by atoms with Crippen LogP contribution in [0.25, 0.3) is 16.7 Å². The zero-order valence-electron chi connectivity index (χ0n) is 13.6. The number of benzene rings is 1. The van der Waals surface area contributed by atoms with Gasteiger partial charge in [-0.05, 0) is 43.7 Å². The maximum atomic E-state index is 4.54. The summed E-state index contributed by atoms with van der Waals surface area (Å²) >= 11 is 0. The lowest BCUT2D eigenvalue weighted by molar-refractivity contribution is 1.01. The number of fused-ring (bicyclic) bond motifs is 1. The molecule has 0 atom stereocenters. The fourth-order valence-corrected chi connectivity index (χ4v) is 2.96. The van der Waals surface area contributed by atoms with Gasteiger partial charge >= 0.3 is 0 Å². The van der Waals surface area contributed by atoms with Crippen molar-refractivity contribution >= 4 is 22.5 Å². The molecule has 0 aliphatic carbocycles. The van der Waals surface area contributed by atoms with E-state index < -0.39 is 0 Å². The van der Waals surface area contributed by atoms with Crippen molar-refractivity contribution < 1.29 is 0 Å². The van der Waals surface area contributed by atoms with E-state index in [0.29, 0.717) is 0 Å².